The SMILES string of the molecule is CS(=O)(=O)c1cccc(NC(=O)c2ccc(NC(=O)c3cccc(Cl)c3)cc2)c1. The van der Waals surface area contributed by atoms with Gasteiger partial charge in [-0.05, 0) is 60.7 Å². The molecule has 2 amide bonds. The zero-order valence-corrected chi connectivity index (χ0v) is 16.9. The third-order valence-electron chi connectivity index (χ3n) is 4.01. The van der Waals surface area contributed by atoms with Crippen LogP contribution in [0.5, 0.6) is 0 Å². The lowest BCUT2D eigenvalue weighted by molar-refractivity contribution is 0.102. The van der Waals surface area contributed by atoms with Crippen molar-refractivity contribution in [1.82, 2.24) is 0 Å². The minimum absolute atomic E-state index is 0.120. The van der Waals surface area contributed by atoms with Gasteiger partial charge in [-0.1, -0.05) is 23.7 Å². The highest BCUT2D eigenvalue weighted by molar-refractivity contribution is 7.90. The molecule has 0 unspecified atom stereocenters. The maximum absolute atomic E-state index is 12.4. The van der Waals surface area contributed by atoms with Crippen molar-refractivity contribution in [3.05, 3.63) is 88.9 Å². The van der Waals surface area contributed by atoms with Gasteiger partial charge >= 0.3 is 0 Å². The van der Waals surface area contributed by atoms with Crippen molar-refractivity contribution in [2.45, 2.75) is 4.90 Å². The van der Waals surface area contributed by atoms with E-state index in [0.29, 0.717) is 27.5 Å². The molecule has 0 spiro atoms. The Morgan fingerprint density at radius 2 is 1.38 bits per heavy atom. The molecule has 0 aromatic heterocycles. The third-order valence-corrected chi connectivity index (χ3v) is 5.36. The Balaban J connectivity index is 1.68. The molecule has 29 heavy (non-hydrogen) atoms. The lowest BCUT2D eigenvalue weighted by Crippen LogP contribution is -2.14. The van der Waals surface area contributed by atoms with Gasteiger partial charge in [0.1, 0.15) is 0 Å². The number of amides is 2. The van der Waals surface area contributed by atoms with Crippen LogP contribution in [0.15, 0.2) is 77.7 Å². The van der Waals surface area contributed by atoms with E-state index >= 15 is 0 Å². The molecule has 3 rings (SSSR count). The maximum atomic E-state index is 12.4. The molecule has 2 N–H and O–H groups in total. The van der Waals surface area contributed by atoms with Crippen molar-refractivity contribution in [3.8, 4) is 0 Å². The number of nitrogens with one attached hydrogen (secondary N) is 2. The lowest BCUT2D eigenvalue weighted by Gasteiger charge is -2.09. The quantitative estimate of drug-likeness (QED) is 0.635. The standard InChI is InChI=1S/C21H17ClN2O4S/c1-29(27,28)19-7-3-6-18(13-19)24-20(25)14-8-10-17(11-9-14)23-21(26)15-4-2-5-16(22)12-15/h2-13H,1H3,(H,23,26)(H,24,25). The van der Waals surface area contributed by atoms with Crippen LogP contribution < -0.4 is 10.6 Å². The third kappa shape index (κ3) is 5.43. The number of carbonyl (C=O) groups is 2. The van der Waals surface area contributed by atoms with Gasteiger partial charge in [-0.2, -0.15) is 0 Å². The zero-order chi connectivity index (χ0) is 21.0. The Morgan fingerprint density at radius 3 is 2.03 bits per heavy atom. The fraction of sp³-hybridized carbons (Fsp3) is 0.0476. The monoisotopic (exact) mass is 428 g/mol. The molecule has 6 nitrogen and oxygen atoms in total. The number of sulfone groups is 1. The molecule has 3 aromatic rings. The Hall–Kier alpha value is -3.16. The predicted octanol–water partition coefficient (Wildman–Crippen LogP) is 4.25. The van der Waals surface area contributed by atoms with Crippen molar-refractivity contribution in [1.29, 1.82) is 0 Å². The fourth-order valence-corrected chi connectivity index (χ4v) is 3.40. The molecule has 0 aliphatic carbocycles. The second kappa shape index (κ2) is 8.46. The van der Waals surface area contributed by atoms with Gasteiger partial charge in [0.15, 0.2) is 9.84 Å². The molecule has 0 aliphatic heterocycles. The number of rotatable bonds is 5. The first-order chi connectivity index (χ1) is 13.7. The summed E-state index contributed by atoms with van der Waals surface area (Å²) in [7, 11) is -3.37. The van der Waals surface area contributed by atoms with Crippen LogP contribution in [0.1, 0.15) is 20.7 Å². The van der Waals surface area contributed by atoms with E-state index in [-0.39, 0.29) is 10.8 Å². The van der Waals surface area contributed by atoms with Crippen LogP contribution in [0, 0.1) is 0 Å². The number of benzene rings is 3. The summed E-state index contributed by atoms with van der Waals surface area (Å²) in [4.78, 5) is 24.8. The minimum atomic E-state index is -3.37. The number of hydrogen-bond donors (Lipinski definition) is 2. The van der Waals surface area contributed by atoms with E-state index in [1.54, 1.807) is 60.7 Å². The summed E-state index contributed by atoms with van der Waals surface area (Å²) in [5, 5.41) is 5.85. The Kier molecular flexibility index (Phi) is 6.00. The van der Waals surface area contributed by atoms with Crippen LogP contribution in [0.25, 0.3) is 0 Å². The van der Waals surface area contributed by atoms with Gasteiger partial charge in [-0.3, -0.25) is 9.59 Å². The van der Waals surface area contributed by atoms with Gasteiger partial charge in [-0.15, -0.1) is 0 Å². The maximum Gasteiger partial charge on any atom is 0.255 e. The van der Waals surface area contributed by atoms with Gasteiger partial charge in [-0.25, -0.2) is 8.42 Å². The van der Waals surface area contributed by atoms with Crippen LogP contribution in [0.4, 0.5) is 11.4 Å². The van der Waals surface area contributed by atoms with E-state index in [1.165, 1.54) is 12.1 Å². The molecule has 0 radical (unpaired) electrons. The van der Waals surface area contributed by atoms with Crippen molar-refractivity contribution in [3.63, 3.8) is 0 Å². The van der Waals surface area contributed by atoms with Gasteiger partial charge in [0, 0.05) is 33.8 Å². The largest absolute Gasteiger partial charge is 0.322 e. The molecule has 0 saturated heterocycles. The van der Waals surface area contributed by atoms with Crippen molar-refractivity contribution in [2.24, 2.45) is 0 Å². The molecule has 8 heteroatoms. The van der Waals surface area contributed by atoms with E-state index in [4.69, 9.17) is 11.6 Å². The van der Waals surface area contributed by atoms with Crippen molar-refractivity contribution >= 4 is 44.6 Å². The minimum Gasteiger partial charge on any atom is -0.322 e. The van der Waals surface area contributed by atoms with Crippen LogP contribution in [0.3, 0.4) is 0 Å². The second-order valence-corrected chi connectivity index (χ2v) is 8.75. The Morgan fingerprint density at radius 1 is 0.759 bits per heavy atom. The molecule has 0 atom stereocenters. The molecule has 0 aliphatic rings. The Bertz CT molecular complexity index is 1180. The van der Waals surface area contributed by atoms with Crippen molar-refractivity contribution < 1.29 is 18.0 Å². The van der Waals surface area contributed by atoms with E-state index in [1.807, 2.05) is 0 Å². The van der Waals surface area contributed by atoms with Crippen LogP contribution >= 0.6 is 11.6 Å². The summed E-state index contributed by atoms with van der Waals surface area (Å²) in [5.41, 5.74) is 1.67. The number of carbonyl (C=O) groups excluding carboxylic acids is 2. The normalized spacial score (nSPS) is 11.0. The highest BCUT2D eigenvalue weighted by Gasteiger charge is 2.11. The molecule has 0 heterocycles. The number of hydrogen-bond acceptors (Lipinski definition) is 4. The average Bonchev–Trinajstić information content (AvgIpc) is 2.68. The number of halogens is 1. The molecule has 3 aromatic carbocycles. The van der Waals surface area contributed by atoms with Crippen molar-refractivity contribution in [2.75, 3.05) is 16.9 Å². The summed E-state index contributed by atoms with van der Waals surface area (Å²) >= 11 is 5.89. The topological polar surface area (TPSA) is 92.3 Å². The molecule has 148 valence electrons. The molecular weight excluding hydrogens is 412 g/mol. The van der Waals surface area contributed by atoms with Gasteiger partial charge in [0.05, 0.1) is 4.90 Å². The molecule has 0 fully saturated rings. The van der Waals surface area contributed by atoms with E-state index in [0.717, 1.165) is 6.26 Å². The van der Waals surface area contributed by atoms with E-state index in [2.05, 4.69) is 10.6 Å². The van der Waals surface area contributed by atoms with Crippen LogP contribution in [0.2, 0.25) is 5.02 Å². The molecule has 0 bridgehead atoms. The van der Waals surface area contributed by atoms with E-state index in [9.17, 15) is 18.0 Å². The van der Waals surface area contributed by atoms with Crippen LogP contribution in [-0.4, -0.2) is 26.5 Å². The number of anilines is 2. The fourth-order valence-electron chi connectivity index (χ4n) is 2.55. The first kappa shape index (κ1) is 20.6. The summed E-state index contributed by atoms with van der Waals surface area (Å²) in [5.74, 6) is -0.717. The zero-order valence-electron chi connectivity index (χ0n) is 15.3. The van der Waals surface area contributed by atoms with E-state index < -0.39 is 15.7 Å². The summed E-state index contributed by atoms with van der Waals surface area (Å²) in [6, 6.07) is 18.9. The first-order valence-electron chi connectivity index (χ1n) is 8.51. The van der Waals surface area contributed by atoms with Gasteiger partial charge in [0.25, 0.3) is 11.8 Å². The highest BCUT2D eigenvalue weighted by Crippen LogP contribution is 2.18. The lowest BCUT2D eigenvalue weighted by atomic mass is 10.1. The average molecular weight is 429 g/mol. The summed E-state index contributed by atoms with van der Waals surface area (Å²) in [6.45, 7) is 0. The summed E-state index contributed by atoms with van der Waals surface area (Å²) < 4.78 is 23.3. The van der Waals surface area contributed by atoms with Gasteiger partial charge in [0.2, 0.25) is 0 Å². The second-order valence-electron chi connectivity index (χ2n) is 6.30. The smallest absolute Gasteiger partial charge is 0.255 e. The summed E-state index contributed by atoms with van der Waals surface area (Å²) in [6.07, 6.45) is 1.10. The highest BCUT2D eigenvalue weighted by atomic mass is 35.5. The first-order valence-corrected chi connectivity index (χ1v) is 10.8. The predicted molar refractivity (Wildman–Crippen MR) is 113 cm³/mol. The van der Waals surface area contributed by atoms with Crippen LogP contribution in [-0.2, 0) is 9.84 Å². The van der Waals surface area contributed by atoms with Gasteiger partial charge < -0.3 is 10.6 Å². The molecule has 0 saturated carbocycles. The Labute approximate surface area is 173 Å². The molecular formula is C21H17ClN2O4S.